The Bertz CT molecular complexity index is 890. The Labute approximate surface area is 163 Å². The first-order valence-corrected chi connectivity index (χ1v) is 10.5. The van der Waals surface area contributed by atoms with E-state index in [2.05, 4.69) is 0 Å². The van der Waals surface area contributed by atoms with Crippen LogP contribution in [0.25, 0.3) is 0 Å². The largest absolute Gasteiger partial charge is 0.495 e. The van der Waals surface area contributed by atoms with Crippen molar-refractivity contribution in [3.63, 3.8) is 0 Å². The Hall–Kier alpha value is -2.46. The lowest BCUT2D eigenvalue weighted by Gasteiger charge is -2.31. The third-order valence-electron chi connectivity index (χ3n) is 5.16. The Morgan fingerprint density at radius 1 is 1.14 bits per heavy atom. The van der Waals surface area contributed by atoms with Crippen LogP contribution in [0.2, 0.25) is 0 Å². The summed E-state index contributed by atoms with van der Waals surface area (Å²) in [7, 11) is -2.59. The highest BCUT2D eigenvalue weighted by Gasteiger charge is 2.35. The molecule has 3 amide bonds. The number of rotatable bonds is 5. The van der Waals surface area contributed by atoms with Gasteiger partial charge in [0.2, 0.25) is 27.7 Å². The topological polar surface area (TPSA) is 127 Å². The molecule has 10 heteroatoms. The molecule has 3 rings (SSSR count). The number of nitrogens with two attached hydrogens (primary N) is 1. The van der Waals surface area contributed by atoms with Crippen molar-refractivity contribution >= 4 is 33.4 Å². The molecule has 28 heavy (non-hydrogen) atoms. The van der Waals surface area contributed by atoms with Crippen LogP contribution in [-0.4, -0.2) is 50.6 Å². The van der Waals surface area contributed by atoms with E-state index in [1.165, 1.54) is 29.6 Å². The van der Waals surface area contributed by atoms with Crippen molar-refractivity contribution < 1.29 is 27.5 Å². The summed E-state index contributed by atoms with van der Waals surface area (Å²) in [4.78, 5) is 36.6. The highest BCUT2D eigenvalue weighted by atomic mass is 32.2. The van der Waals surface area contributed by atoms with E-state index in [9.17, 15) is 22.8 Å². The molecule has 0 bridgehead atoms. The van der Waals surface area contributed by atoms with Gasteiger partial charge in [-0.3, -0.25) is 19.3 Å². The number of methoxy groups -OCH3 is 1. The second-order valence-corrected chi connectivity index (χ2v) is 8.80. The van der Waals surface area contributed by atoms with Crippen LogP contribution < -0.4 is 15.4 Å². The van der Waals surface area contributed by atoms with Crippen LogP contribution in [0.3, 0.4) is 0 Å². The van der Waals surface area contributed by atoms with E-state index < -0.39 is 15.9 Å². The van der Waals surface area contributed by atoms with E-state index in [0.717, 1.165) is 4.90 Å². The number of ether oxygens (including phenoxy) is 1. The Kier molecular flexibility index (Phi) is 5.71. The lowest BCUT2D eigenvalue weighted by atomic mass is 9.98. The van der Waals surface area contributed by atoms with Crippen molar-refractivity contribution in [2.24, 2.45) is 11.7 Å². The van der Waals surface area contributed by atoms with Crippen molar-refractivity contribution in [2.45, 2.75) is 37.0 Å². The first kappa shape index (κ1) is 20.3. The fourth-order valence-electron chi connectivity index (χ4n) is 3.57. The molecule has 0 aliphatic carbocycles. The third-order valence-corrected chi connectivity index (χ3v) is 7.08. The van der Waals surface area contributed by atoms with E-state index in [0.29, 0.717) is 19.3 Å². The van der Waals surface area contributed by atoms with E-state index >= 15 is 0 Å². The van der Waals surface area contributed by atoms with Crippen molar-refractivity contribution in [3.8, 4) is 5.75 Å². The molecule has 0 unspecified atom stereocenters. The molecule has 2 saturated heterocycles. The third kappa shape index (κ3) is 3.74. The number of imide groups is 1. The molecule has 1 aromatic carbocycles. The summed E-state index contributed by atoms with van der Waals surface area (Å²) < 4.78 is 32.8. The van der Waals surface area contributed by atoms with Gasteiger partial charge in [0.25, 0.3) is 0 Å². The lowest BCUT2D eigenvalue weighted by Crippen LogP contribution is -2.42. The Morgan fingerprint density at radius 2 is 1.75 bits per heavy atom. The Balaban J connectivity index is 1.95. The molecule has 2 fully saturated rings. The maximum absolute atomic E-state index is 13.2. The van der Waals surface area contributed by atoms with Crippen molar-refractivity contribution in [1.82, 2.24) is 4.31 Å². The number of hydrogen-bond acceptors (Lipinski definition) is 6. The van der Waals surface area contributed by atoms with E-state index in [-0.39, 0.29) is 60.0 Å². The SMILES string of the molecule is COc1ccc(N2C(=O)CCCC2=O)cc1S(=O)(=O)N1CCC(C(N)=O)CC1. The molecule has 0 saturated carbocycles. The first-order chi connectivity index (χ1) is 13.3. The molecular weight excluding hydrogens is 386 g/mol. The van der Waals surface area contributed by atoms with Crippen LogP contribution in [0.5, 0.6) is 5.75 Å². The van der Waals surface area contributed by atoms with Crippen LogP contribution in [0.1, 0.15) is 32.1 Å². The summed E-state index contributed by atoms with van der Waals surface area (Å²) in [6, 6.07) is 4.24. The van der Waals surface area contributed by atoms with E-state index in [1.807, 2.05) is 0 Å². The molecule has 2 heterocycles. The maximum Gasteiger partial charge on any atom is 0.246 e. The van der Waals surface area contributed by atoms with Gasteiger partial charge >= 0.3 is 0 Å². The maximum atomic E-state index is 13.2. The summed E-state index contributed by atoms with van der Waals surface area (Å²) in [6.45, 7) is 0.315. The highest BCUT2D eigenvalue weighted by molar-refractivity contribution is 7.89. The van der Waals surface area contributed by atoms with Crippen LogP contribution in [-0.2, 0) is 24.4 Å². The van der Waals surface area contributed by atoms with Crippen molar-refractivity contribution in [2.75, 3.05) is 25.1 Å². The average Bonchev–Trinajstić information content (AvgIpc) is 2.67. The van der Waals surface area contributed by atoms with Crippen LogP contribution >= 0.6 is 0 Å². The highest BCUT2D eigenvalue weighted by Crippen LogP contribution is 2.34. The lowest BCUT2D eigenvalue weighted by molar-refractivity contribution is -0.129. The normalized spacial score (nSPS) is 19.7. The van der Waals surface area contributed by atoms with Gasteiger partial charge in [0, 0.05) is 31.8 Å². The van der Waals surface area contributed by atoms with Gasteiger partial charge in [0.1, 0.15) is 10.6 Å². The monoisotopic (exact) mass is 409 g/mol. The summed E-state index contributed by atoms with van der Waals surface area (Å²) in [5.74, 6) is -1.36. The number of hydrogen-bond donors (Lipinski definition) is 1. The number of benzene rings is 1. The molecule has 2 N–H and O–H groups in total. The van der Waals surface area contributed by atoms with Crippen LogP contribution in [0.15, 0.2) is 23.1 Å². The first-order valence-electron chi connectivity index (χ1n) is 9.09. The van der Waals surface area contributed by atoms with Crippen LogP contribution in [0, 0.1) is 5.92 Å². The predicted molar refractivity (Wildman–Crippen MR) is 100 cm³/mol. The second-order valence-electron chi connectivity index (χ2n) is 6.89. The molecule has 2 aliphatic rings. The van der Waals surface area contributed by atoms with Gasteiger partial charge in [-0.1, -0.05) is 0 Å². The molecule has 2 aliphatic heterocycles. The Morgan fingerprint density at radius 3 is 2.29 bits per heavy atom. The van der Waals surface area contributed by atoms with Gasteiger partial charge in [-0.15, -0.1) is 0 Å². The predicted octanol–water partition coefficient (Wildman–Crippen LogP) is 0.625. The zero-order valence-electron chi connectivity index (χ0n) is 15.6. The minimum Gasteiger partial charge on any atom is -0.495 e. The molecule has 0 aromatic heterocycles. The number of carbonyl (C=O) groups is 3. The summed E-state index contributed by atoms with van der Waals surface area (Å²) in [6.07, 6.45) is 1.66. The number of carbonyl (C=O) groups excluding carboxylic acids is 3. The zero-order valence-corrected chi connectivity index (χ0v) is 16.4. The van der Waals surface area contributed by atoms with Crippen molar-refractivity contribution in [3.05, 3.63) is 18.2 Å². The van der Waals surface area contributed by atoms with Gasteiger partial charge in [-0.25, -0.2) is 8.42 Å². The minimum atomic E-state index is -3.94. The minimum absolute atomic E-state index is 0.115. The van der Waals surface area contributed by atoms with E-state index in [4.69, 9.17) is 10.5 Å². The quantitative estimate of drug-likeness (QED) is 0.711. The standard InChI is InChI=1S/C18H23N3O6S/c1-27-14-6-5-13(21-16(22)3-2-4-17(21)23)11-15(14)28(25,26)20-9-7-12(8-10-20)18(19)24/h5-6,11-12H,2-4,7-10H2,1H3,(H2,19,24). The van der Waals surface area contributed by atoms with Gasteiger partial charge in [0.05, 0.1) is 12.8 Å². The molecule has 0 radical (unpaired) electrons. The number of amides is 3. The number of anilines is 1. The van der Waals surface area contributed by atoms with Gasteiger partial charge < -0.3 is 10.5 Å². The smallest absolute Gasteiger partial charge is 0.246 e. The average molecular weight is 409 g/mol. The van der Waals surface area contributed by atoms with Crippen molar-refractivity contribution in [1.29, 1.82) is 0 Å². The molecule has 9 nitrogen and oxygen atoms in total. The summed E-state index contributed by atoms with van der Waals surface area (Å²) in [5.41, 5.74) is 5.52. The molecule has 0 atom stereocenters. The number of nitrogens with zero attached hydrogens (tertiary/aromatic N) is 2. The summed E-state index contributed by atoms with van der Waals surface area (Å²) >= 11 is 0. The molecular formula is C18H23N3O6S. The van der Waals surface area contributed by atoms with Gasteiger partial charge in [-0.05, 0) is 37.5 Å². The number of sulfonamides is 1. The fraction of sp³-hybridized carbons (Fsp3) is 0.500. The molecule has 1 aromatic rings. The summed E-state index contributed by atoms with van der Waals surface area (Å²) in [5, 5.41) is 0. The fourth-order valence-corrected chi connectivity index (χ4v) is 5.21. The number of primary amides is 1. The van der Waals surface area contributed by atoms with Crippen LogP contribution in [0.4, 0.5) is 5.69 Å². The van der Waals surface area contributed by atoms with Gasteiger partial charge in [0.15, 0.2) is 0 Å². The number of piperidine rings is 2. The van der Waals surface area contributed by atoms with E-state index in [1.54, 1.807) is 0 Å². The molecule has 152 valence electrons. The second kappa shape index (κ2) is 7.88. The zero-order chi connectivity index (χ0) is 20.5. The van der Waals surface area contributed by atoms with Gasteiger partial charge in [-0.2, -0.15) is 4.31 Å². The molecule has 0 spiro atoms.